The van der Waals surface area contributed by atoms with Crippen molar-refractivity contribution in [2.24, 2.45) is 0 Å². The van der Waals surface area contributed by atoms with Crippen molar-refractivity contribution >= 4 is 16.5 Å². The summed E-state index contributed by atoms with van der Waals surface area (Å²) in [5, 5.41) is 13.4. The lowest BCUT2D eigenvalue weighted by Gasteiger charge is -2.08. The standard InChI is InChI=1S/C11H15N3OS/c1-7(2)10-13-14-11(16-10)12-8(3)9-5-4-6-15-9/h4-8H,1-3H3,(H,12,14). The highest BCUT2D eigenvalue weighted by Crippen LogP contribution is 2.25. The van der Waals surface area contributed by atoms with Crippen molar-refractivity contribution in [2.45, 2.75) is 32.7 Å². The molecular formula is C11H15N3OS. The smallest absolute Gasteiger partial charge is 0.206 e. The number of rotatable bonds is 4. The lowest BCUT2D eigenvalue weighted by molar-refractivity contribution is 0.490. The summed E-state index contributed by atoms with van der Waals surface area (Å²) in [6.45, 7) is 6.26. The van der Waals surface area contributed by atoms with E-state index in [1.807, 2.05) is 19.1 Å². The second-order valence-corrected chi connectivity index (χ2v) is 4.99. The molecule has 1 unspecified atom stereocenters. The van der Waals surface area contributed by atoms with Crippen LogP contribution in [-0.2, 0) is 0 Å². The van der Waals surface area contributed by atoms with E-state index < -0.39 is 0 Å². The SMILES string of the molecule is CC(C)c1nnc(NC(C)c2ccco2)s1. The number of furan rings is 1. The van der Waals surface area contributed by atoms with Gasteiger partial charge in [0.1, 0.15) is 10.8 Å². The average Bonchev–Trinajstić information content (AvgIpc) is 2.87. The topological polar surface area (TPSA) is 51.0 Å². The first-order chi connectivity index (χ1) is 7.66. The number of hydrogen-bond donors (Lipinski definition) is 1. The quantitative estimate of drug-likeness (QED) is 0.885. The second-order valence-electron chi connectivity index (χ2n) is 3.98. The Kier molecular flexibility index (Phi) is 3.24. The Morgan fingerprint density at radius 1 is 1.31 bits per heavy atom. The van der Waals surface area contributed by atoms with Crippen molar-refractivity contribution in [1.29, 1.82) is 0 Å². The van der Waals surface area contributed by atoms with Crippen LogP contribution in [-0.4, -0.2) is 10.2 Å². The van der Waals surface area contributed by atoms with Crippen molar-refractivity contribution in [3.8, 4) is 0 Å². The van der Waals surface area contributed by atoms with E-state index >= 15 is 0 Å². The van der Waals surface area contributed by atoms with Gasteiger partial charge in [-0.1, -0.05) is 25.2 Å². The molecule has 0 bridgehead atoms. The minimum Gasteiger partial charge on any atom is -0.467 e. The van der Waals surface area contributed by atoms with Crippen molar-refractivity contribution in [3.63, 3.8) is 0 Å². The lowest BCUT2D eigenvalue weighted by Crippen LogP contribution is -2.04. The molecule has 1 atom stereocenters. The molecule has 2 aromatic rings. The molecule has 0 saturated heterocycles. The molecule has 1 N–H and O–H groups in total. The zero-order valence-electron chi connectivity index (χ0n) is 9.60. The highest BCUT2D eigenvalue weighted by atomic mass is 32.1. The normalized spacial score (nSPS) is 13.0. The van der Waals surface area contributed by atoms with E-state index in [-0.39, 0.29) is 6.04 Å². The zero-order valence-corrected chi connectivity index (χ0v) is 10.4. The highest BCUT2D eigenvalue weighted by Gasteiger charge is 2.12. The van der Waals surface area contributed by atoms with Gasteiger partial charge in [-0.15, -0.1) is 10.2 Å². The maximum atomic E-state index is 5.32. The molecule has 0 aliphatic heterocycles. The van der Waals surface area contributed by atoms with Gasteiger partial charge in [-0.3, -0.25) is 0 Å². The molecule has 0 aliphatic rings. The molecule has 4 nitrogen and oxygen atoms in total. The van der Waals surface area contributed by atoms with Gasteiger partial charge < -0.3 is 9.73 Å². The van der Waals surface area contributed by atoms with Crippen LogP contribution >= 0.6 is 11.3 Å². The zero-order chi connectivity index (χ0) is 11.5. The molecule has 0 radical (unpaired) electrons. The van der Waals surface area contributed by atoms with E-state index in [1.54, 1.807) is 17.6 Å². The molecule has 0 spiro atoms. The van der Waals surface area contributed by atoms with Gasteiger partial charge >= 0.3 is 0 Å². The van der Waals surface area contributed by atoms with Crippen LogP contribution in [0, 0.1) is 0 Å². The Labute approximate surface area is 98.7 Å². The molecule has 0 fully saturated rings. The van der Waals surface area contributed by atoms with Gasteiger partial charge in [-0.2, -0.15) is 0 Å². The Bertz CT molecular complexity index is 436. The Hall–Kier alpha value is -1.36. The van der Waals surface area contributed by atoms with Crippen LogP contribution in [0.5, 0.6) is 0 Å². The first-order valence-corrected chi connectivity index (χ1v) is 6.12. The van der Waals surface area contributed by atoms with Crippen molar-refractivity contribution in [1.82, 2.24) is 10.2 Å². The van der Waals surface area contributed by atoms with Gasteiger partial charge in [0.15, 0.2) is 0 Å². The number of anilines is 1. The summed E-state index contributed by atoms with van der Waals surface area (Å²) in [6, 6.07) is 3.94. The first kappa shape index (κ1) is 11.1. The van der Waals surface area contributed by atoms with Crippen molar-refractivity contribution in [2.75, 3.05) is 5.32 Å². The van der Waals surface area contributed by atoms with E-state index in [4.69, 9.17) is 4.42 Å². The van der Waals surface area contributed by atoms with Crippen molar-refractivity contribution in [3.05, 3.63) is 29.2 Å². The highest BCUT2D eigenvalue weighted by molar-refractivity contribution is 7.15. The van der Waals surface area contributed by atoms with Gasteiger partial charge in [0.25, 0.3) is 0 Å². The maximum absolute atomic E-state index is 5.32. The number of aromatic nitrogens is 2. The minimum absolute atomic E-state index is 0.114. The molecule has 86 valence electrons. The molecule has 0 saturated carbocycles. The summed E-state index contributed by atoms with van der Waals surface area (Å²) in [5.41, 5.74) is 0. The molecule has 2 heterocycles. The van der Waals surface area contributed by atoms with Crippen LogP contribution in [0.25, 0.3) is 0 Å². The summed E-state index contributed by atoms with van der Waals surface area (Å²) < 4.78 is 5.32. The molecule has 16 heavy (non-hydrogen) atoms. The molecule has 2 aromatic heterocycles. The van der Waals surface area contributed by atoms with Gasteiger partial charge in [-0.25, -0.2) is 0 Å². The Morgan fingerprint density at radius 2 is 2.12 bits per heavy atom. The molecule has 0 amide bonds. The Balaban J connectivity index is 2.03. The van der Waals surface area contributed by atoms with Crippen LogP contribution in [0.15, 0.2) is 22.8 Å². The fourth-order valence-corrected chi connectivity index (χ4v) is 2.15. The largest absolute Gasteiger partial charge is 0.467 e. The summed E-state index contributed by atoms with van der Waals surface area (Å²) >= 11 is 1.59. The first-order valence-electron chi connectivity index (χ1n) is 5.30. The Morgan fingerprint density at radius 3 is 2.69 bits per heavy atom. The van der Waals surface area contributed by atoms with Crippen molar-refractivity contribution < 1.29 is 4.42 Å². The summed E-state index contributed by atoms with van der Waals surface area (Å²) in [6.07, 6.45) is 1.67. The summed E-state index contributed by atoms with van der Waals surface area (Å²) in [5.74, 6) is 1.33. The maximum Gasteiger partial charge on any atom is 0.206 e. The van der Waals surface area contributed by atoms with Gasteiger partial charge in [0.05, 0.1) is 12.3 Å². The van der Waals surface area contributed by atoms with E-state index in [0.717, 1.165) is 15.9 Å². The predicted molar refractivity (Wildman–Crippen MR) is 64.7 cm³/mol. The number of hydrogen-bond acceptors (Lipinski definition) is 5. The predicted octanol–water partition coefficient (Wildman–Crippen LogP) is 3.43. The third-order valence-electron chi connectivity index (χ3n) is 2.24. The summed E-state index contributed by atoms with van der Waals surface area (Å²) in [4.78, 5) is 0. The van der Waals surface area contributed by atoms with E-state index in [2.05, 4.69) is 29.4 Å². The fourth-order valence-electron chi connectivity index (χ4n) is 1.32. The molecule has 5 heteroatoms. The van der Waals surface area contributed by atoms with Gasteiger partial charge in [0, 0.05) is 5.92 Å². The molecule has 0 aromatic carbocycles. The van der Waals surface area contributed by atoms with E-state index in [9.17, 15) is 0 Å². The third kappa shape index (κ3) is 2.41. The van der Waals surface area contributed by atoms with Crippen LogP contribution in [0.4, 0.5) is 5.13 Å². The van der Waals surface area contributed by atoms with E-state index in [1.165, 1.54) is 0 Å². The lowest BCUT2D eigenvalue weighted by atomic mass is 10.2. The number of nitrogens with zero attached hydrogens (tertiary/aromatic N) is 2. The van der Waals surface area contributed by atoms with Crippen LogP contribution in [0.3, 0.4) is 0 Å². The molecule has 2 rings (SSSR count). The summed E-state index contributed by atoms with van der Waals surface area (Å²) in [7, 11) is 0. The average molecular weight is 237 g/mol. The minimum atomic E-state index is 0.114. The van der Waals surface area contributed by atoms with Gasteiger partial charge in [-0.05, 0) is 19.1 Å². The van der Waals surface area contributed by atoms with Crippen LogP contribution in [0.1, 0.15) is 43.5 Å². The fraction of sp³-hybridized carbons (Fsp3) is 0.455. The molecular weight excluding hydrogens is 222 g/mol. The van der Waals surface area contributed by atoms with Crippen LogP contribution < -0.4 is 5.32 Å². The number of nitrogens with one attached hydrogen (secondary N) is 1. The second kappa shape index (κ2) is 4.65. The van der Waals surface area contributed by atoms with Crippen LogP contribution in [0.2, 0.25) is 0 Å². The third-order valence-corrected chi connectivity index (χ3v) is 3.40. The van der Waals surface area contributed by atoms with Gasteiger partial charge in [0.2, 0.25) is 5.13 Å². The molecule has 0 aliphatic carbocycles. The van der Waals surface area contributed by atoms with E-state index in [0.29, 0.717) is 5.92 Å². The monoisotopic (exact) mass is 237 g/mol.